The van der Waals surface area contributed by atoms with Crippen molar-refractivity contribution in [1.82, 2.24) is 0 Å². The van der Waals surface area contributed by atoms with Crippen molar-refractivity contribution in [1.29, 1.82) is 0 Å². The minimum Gasteiger partial charge on any atom is -0.229 e. The normalized spacial score (nSPS) is 9.67. The van der Waals surface area contributed by atoms with Crippen molar-refractivity contribution in [3.05, 3.63) is 0 Å². The van der Waals surface area contributed by atoms with E-state index in [2.05, 4.69) is 5.14 Å². The molecule has 5 heteroatoms. The van der Waals surface area contributed by atoms with Gasteiger partial charge in [0.1, 0.15) is 0 Å². The van der Waals surface area contributed by atoms with Crippen molar-refractivity contribution in [2.75, 3.05) is 6.26 Å². The minimum absolute atomic E-state index is 0. The number of hydrogen-bond acceptors (Lipinski definition) is 2. The van der Waals surface area contributed by atoms with E-state index in [-0.39, 0.29) is 22.4 Å². The second-order valence-electron chi connectivity index (χ2n) is 0.830. The molecule has 0 spiro atoms. The summed E-state index contributed by atoms with van der Waals surface area (Å²) in [7, 11) is -3.17. The van der Waals surface area contributed by atoms with E-state index in [1.54, 1.807) is 0 Å². The summed E-state index contributed by atoms with van der Waals surface area (Å²) in [4.78, 5) is 0. The van der Waals surface area contributed by atoms with Crippen LogP contribution >= 0.6 is 0 Å². The zero-order valence-electron chi connectivity index (χ0n) is 3.10. The summed E-state index contributed by atoms with van der Waals surface area (Å²) in [5.41, 5.74) is 0. The standard InChI is InChI=1S/CH5NO2S.Ag/c1-5(2,3)4;/h1H3,(H2,2,3,4);/q;+1. The van der Waals surface area contributed by atoms with E-state index in [0.29, 0.717) is 0 Å². The molecule has 42 valence electrons. The molecule has 0 amide bonds. The summed E-state index contributed by atoms with van der Waals surface area (Å²) in [6.07, 6.45) is 0.938. The molecule has 0 unspecified atom stereocenters. The molecule has 0 saturated carbocycles. The summed E-state index contributed by atoms with van der Waals surface area (Å²) in [5, 5.41) is 4.33. The van der Waals surface area contributed by atoms with Crippen molar-refractivity contribution >= 4 is 10.0 Å². The van der Waals surface area contributed by atoms with Crippen LogP contribution in [0.4, 0.5) is 0 Å². The molecular formula is CH5AgNO2S+. The minimum atomic E-state index is -3.17. The topological polar surface area (TPSA) is 60.2 Å². The van der Waals surface area contributed by atoms with Gasteiger partial charge in [0.2, 0.25) is 10.0 Å². The van der Waals surface area contributed by atoms with Gasteiger partial charge >= 0.3 is 22.4 Å². The van der Waals surface area contributed by atoms with Gasteiger partial charge in [-0.2, -0.15) is 0 Å². The van der Waals surface area contributed by atoms with Gasteiger partial charge in [0.05, 0.1) is 6.26 Å². The number of nitrogens with two attached hydrogens (primary N) is 1. The quantitative estimate of drug-likeness (QED) is 0.508. The summed E-state index contributed by atoms with van der Waals surface area (Å²) in [5.74, 6) is 0. The Hall–Kier alpha value is 0.650. The fourth-order valence-corrected chi connectivity index (χ4v) is 0. The van der Waals surface area contributed by atoms with Crippen LogP contribution in [0, 0.1) is 0 Å². The molecule has 0 aromatic rings. The Labute approximate surface area is 52.5 Å². The molecule has 0 aromatic heterocycles. The van der Waals surface area contributed by atoms with E-state index in [4.69, 9.17) is 0 Å². The first kappa shape index (κ1) is 9.82. The third-order valence-electron chi connectivity index (χ3n) is 0. The molecule has 2 N–H and O–H groups in total. The Balaban J connectivity index is 0. The third-order valence-corrected chi connectivity index (χ3v) is 0. The van der Waals surface area contributed by atoms with Gasteiger partial charge in [0, 0.05) is 0 Å². The molecule has 0 heterocycles. The number of sulfonamides is 1. The van der Waals surface area contributed by atoms with Gasteiger partial charge in [-0.25, -0.2) is 13.6 Å². The van der Waals surface area contributed by atoms with Gasteiger partial charge in [-0.05, 0) is 0 Å². The SMILES string of the molecule is CS(N)(=O)=O.[Ag+]. The van der Waals surface area contributed by atoms with E-state index < -0.39 is 10.0 Å². The maximum atomic E-state index is 9.41. The molecule has 0 aromatic carbocycles. The van der Waals surface area contributed by atoms with E-state index in [1.807, 2.05) is 0 Å². The maximum Gasteiger partial charge on any atom is 1.00 e. The van der Waals surface area contributed by atoms with Crippen molar-refractivity contribution in [2.24, 2.45) is 5.14 Å². The molecule has 0 rings (SSSR count). The van der Waals surface area contributed by atoms with E-state index in [9.17, 15) is 8.42 Å². The van der Waals surface area contributed by atoms with Crippen LogP contribution in [0.2, 0.25) is 0 Å². The zero-order valence-corrected chi connectivity index (χ0v) is 5.40. The number of primary sulfonamides is 1. The second kappa shape index (κ2) is 2.76. The molecule has 6 heavy (non-hydrogen) atoms. The predicted octanol–water partition coefficient (Wildman–Crippen LogP) is -1.10. The van der Waals surface area contributed by atoms with Crippen LogP contribution in [0.5, 0.6) is 0 Å². The molecule has 0 atom stereocenters. The Morgan fingerprint density at radius 3 is 1.50 bits per heavy atom. The fourth-order valence-electron chi connectivity index (χ4n) is 0. The van der Waals surface area contributed by atoms with Crippen LogP contribution < -0.4 is 5.14 Å². The van der Waals surface area contributed by atoms with Crippen LogP contribution in [0.1, 0.15) is 0 Å². The molecule has 3 nitrogen and oxygen atoms in total. The maximum absolute atomic E-state index is 9.41. The van der Waals surface area contributed by atoms with Crippen LogP contribution in [0.25, 0.3) is 0 Å². The molecule has 0 fully saturated rings. The Morgan fingerprint density at radius 1 is 1.50 bits per heavy atom. The monoisotopic (exact) mass is 202 g/mol. The first-order valence-electron chi connectivity index (χ1n) is 0.977. The first-order valence-corrected chi connectivity index (χ1v) is 2.93. The second-order valence-corrected chi connectivity index (χ2v) is 2.49. The van der Waals surface area contributed by atoms with Crippen molar-refractivity contribution in [3.63, 3.8) is 0 Å². The molecule has 0 radical (unpaired) electrons. The average molecular weight is 203 g/mol. The van der Waals surface area contributed by atoms with Gasteiger partial charge in [0.25, 0.3) is 0 Å². The molecular weight excluding hydrogens is 198 g/mol. The summed E-state index contributed by atoms with van der Waals surface area (Å²) in [6.45, 7) is 0. The van der Waals surface area contributed by atoms with E-state index in [1.165, 1.54) is 0 Å². The van der Waals surface area contributed by atoms with Crippen LogP contribution in [0.15, 0.2) is 0 Å². The molecule has 0 aliphatic rings. The smallest absolute Gasteiger partial charge is 0.229 e. The van der Waals surface area contributed by atoms with Crippen LogP contribution in [-0.4, -0.2) is 14.7 Å². The van der Waals surface area contributed by atoms with Gasteiger partial charge < -0.3 is 0 Å². The number of rotatable bonds is 0. The molecule has 0 bridgehead atoms. The van der Waals surface area contributed by atoms with Crippen molar-refractivity contribution < 1.29 is 30.8 Å². The first-order chi connectivity index (χ1) is 2.00. The van der Waals surface area contributed by atoms with E-state index >= 15 is 0 Å². The van der Waals surface area contributed by atoms with Crippen LogP contribution in [0.3, 0.4) is 0 Å². The fraction of sp³-hybridized carbons (Fsp3) is 1.00. The Kier molecular flexibility index (Phi) is 4.52. The van der Waals surface area contributed by atoms with Gasteiger partial charge in [-0.1, -0.05) is 0 Å². The van der Waals surface area contributed by atoms with Crippen LogP contribution in [-0.2, 0) is 32.4 Å². The third kappa shape index (κ3) is 147. The van der Waals surface area contributed by atoms with E-state index in [0.717, 1.165) is 6.26 Å². The van der Waals surface area contributed by atoms with Crippen molar-refractivity contribution in [2.45, 2.75) is 0 Å². The number of hydrogen-bond donors (Lipinski definition) is 1. The average Bonchev–Trinajstić information content (AvgIpc) is 0.722. The molecule has 0 aliphatic heterocycles. The predicted molar refractivity (Wildman–Crippen MR) is 19.0 cm³/mol. The molecule has 0 saturated heterocycles. The molecule has 0 aliphatic carbocycles. The van der Waals surface area contributed by atoms with Gasteiger partial charge in [0.15, 0.2) is 0 Å². The van der Waals surface area contributed by atoms with Crippen molar-refractivity contribution in [3.8, 4) is 0 Å². The summed E-state index contributed by atoms with van der Waals surface area (Å²) >= 11 is 0. The summed E-state index contributed by atoms with van der Waals surface area (Å²) in [6, 6.07) is 0. The Morgan fingerprint density at radius 2 is 1.50 bits per heavy atom. The van der Waals surface area contributed by atoms with Gasteiger partial charge in [-0.15, -0.1) is 0 Å². The summed E-state index contributed by atoms with van der Waals surface area (Å²) < 4.78 is 18.8. The largest absolute Gasteiger partial charge is 1.00 e. The Bertz CT molecular complexity index is 96.7. The zero-order chi connectivity index (χ0) is 4.50. The van der Waals surface area contributed by atoms with Gasteiger partial charge in [-0.3, -0.25) is 0 Å².